The molecule has 0 unspecified atom stereocenters. The molecule has 0 radical (unpaired) electrons. The second-order valence-electron chi connectivity index (χ2n) is 5.76. The molecular weight excluding hydrogens is 386 g/mol. The molecule has 0 N–H and O–H groups in total. The number of carbonyl (C=O) groups excluding carboxylic acids is 1. The molecule has 4 aromatic rings. The summed E-state index contributed by atoms with van der Waals surface area (Å²) in [5.74, 6) is -0.0755. The van der Waals surface area contributed by atoms with Crippen LogP contribution in [0, 0.1) is 6.92 Å². The van der Waals surface area contributed by atoms with Crippen molar-refractivity contribution >= 4 is 55.5 Å². The molecule has 0 atom stereocenters. The lowest BCUT2D eigenvalue weighted by Crippen LogP contribution is -2.30. The zero-order valence-electron chi connectivity index (χ0n) is 13.8. The Kier molecular flexibility index (Phi) is 4.72. The molecule has 7 heteroatoms. The Balaban J connectivity index is 1.79. The SMILES string of the molecule is Cc1cc(Cl)cc2sc(N(Cc3ccccn3)C(=O)c3cccs3)nc12. The number of rotatable bonds is 4. The van der Waals surface area contributed by atoms with Gasteiger partial charge in [-0.2, -0.15) is 0 Å². The van der Waals surface area contributed by atoms with Crippen molar-refractivity contribution < 1.29 is 4.79 Å². The van der Waals surface area contributed by atoms with Gasteiger partial charge in [0.05, 0.1) is 27.3 Å². The molecule has 1 amide bonds. The average Bonchev–Trinajstić information content (AvgIpc) is 3.29. The van der Waals surface area contributed by atoms with Crippen LogP contribution in [0.15, 0.2) is 54.0 Å². The molecule has 1 aromatic carbocycles. The third-order valence-corrected chi connectivity index (χ3v) is 5.99. The Bertz CT molecular complexity index is 1060. The zero-order chi connectivity index (χ0) is 18.1. The minimum atomic E-state index is -0.0755. The molecule has 4 nitrogen and oxygen atoms in total. The molecule has 0 aliphatic carbocycles. The van der Waals surface area contributed by atoms with Crippen molar-refractivity contribution in [1.82, 2.24) is 9.97 Å². The lowest BCUT2D eigenvalue weighted by Gasteiger charge is -2.18. The van der Waals surface area contributed by atoms with E-state index in [2.05, 4.69) is 4.98 Å². The van der Waals surface area contributed by atoms with E-state index in [0.717, 1.165) is 21.5 Å². The van der Waals surface area contributed by atoms with Crippen molar-refractivity contribution in [2.45, 2.75) is 13.5 Å². The van der Waals surface area contributed by atoms with E-state index in [1.807, 2.05) is 54.8 Å². The Labute approximate surface area is 163 Å². The van der Waals surface area contributed by atoms with Gasteiger partial charge in [0.25, 0.3) is 5.91 Å². The number of benzene rings is 1. The number of aryl methyl sites for hydroxylation is 1. The van der Waals surface area contributed by atoms with Crippen LogP contribution in [0.25, 0.3) is 10.2 Å². The first-order chi connectivity index (χ1) is 12.6. The molecule has 0 saturated carbocycles. The van der Waals surface area contributed by atoms with Crippen molar-refractivity contribution in [2.75, 3.05) is 4.90 Å². The fourth-order valence-corrected chi connectivity index (χ4v) is 4.76. The molecule has 3 aromatic heterocycles. The smallest absolute Gasteiger partial charge is 0.270 e. The fraction of sp³-hybridized carbons (Fsp3) is 0.105. The van der Waals surface area contributed by atoms with Gasteiger partial charge in [-0.25, -0.2) is 4.98 Å². The predicted octanol–water partition coefficient (Wildman–Crippen LogP) is 5.56. The third-order valence-electron chi connectivity index (χ3n) is 3.89. The molecule has 0 saturated heterocycles. The third kappa shape index (κ3) is 3.35. The normalized spacial score (nSPS) is 11.0. The lowest BCUT2D eigenvalue weighted by atomic mass is 10.2. The number of amides is 1. The Hall–Kier alpha value is -2.28. The Morgan fingerprint density at radius 2 is 2.12 bits per heavy atom. The van der Waals surface area contributed by atoms with Crippen LogP contribution in [0.4, 0.5) is 5.13 Å². The number of anilines is 1. The van der Waals surface area contributed by atoms with Crippen molar-refractivity contribution in [1.29, 1.82) is 0 Å². The molecular formula is C19H14ClN3OS2. The summed E-state index contributed by atoms with van der Waals surface area (Å²) in [6.45, 7) is 2.34. The van der Waals surface area contributed by atoms with Gasteiger partial charge in [-0.3, -0.25) is 14.7 Å². The van der Waals surface area contributed by atoms with E-state index >= 15 is 0 Å². The maximum Gasteiger partial charge on any atom is 0.270 e. The van der Waals surface area contributed by atoms with Crippen molar-refractivity contribution in [3.05, 3.63) is 75.2 Å². The highest BCUT2D eigenvalue weighted by atomic mass is 35.5. The van der Waals surface area contributed by atoms with E-state index in [-0.39, 0.29) is 5.91 Å². The summed E-state index contributed by atoms with van der Waals surface area (Å²) in [7, 11) is 0. The van der Waals surface area contributed by atoms with Gasteiger partial charge >= 0.3 is 0 Å². The molecule has 3 heterocycles. The van der Waals surface area contributed by atoms with E-state index < -0.39 is 0 Å². The van der Waals surface area contributed by atoms with Gasteiger partial charge in [-0.15, -0.1) is 11.3 Å². The predicted molar refractivity (Wildman–Crippen MR) is 108 cm³/mol. The van der Waals surface area contributed by atoms with Crippen LogP contribution >= 0.6 is 34.3 Å². The Morgan fingerprint density at radius 3 is 2.85 bits per heavy atom. The van der Waals surface area contributed by atoms with Crippen LogP contribution in [-0.4, -0.2) is 15.9 Å². The van der Waals surface area contributed by atoms with Crippen molar-refractivity contribution in [2.24, 2.45) is 0 Å². The molecule has 26 heavy (non-hydrogen) atoms. The topological polar surface area (TPSA) is 46.1 Å². The highest BCUT2D eigenvalue weighted by molar-refractivity contribution is 7.22. The number of nitrogens with zero attached hydrogens (tertiary/aromatic N) is 3. The van der Waals surface area contributed by atoms with Crippen LogP contribution < -0.4 is 4.90 Å². The first-order valence-electron chi connectivity index (χ1n) is 7.94. The van der Waals surface area contributed by atoms with Crippen LogP contribution in [-0.2, 0) is 6.54 Å². The quantitative estimate of drug-likeness (QED) is 0.451. The van der Waals surface area contributed by atoms with E-state index in [9.17, 15) is 4.79 Å². The lowest BCUT2D eigenvalue weighted by molar-refractivity contribution is 0.0988. The number of hydrogen-bond donors (Lipinski definition) is 0. The van der Waals surface area contributed by atoms with Gasteiger partial charge < -0.3 is 0 Å². The molecule has 0 spiro atoms. The summed E-state index contributed by atoms with van der Waals surface area (Å²) in [6.07, 6.45) is 1.73. The van der Waals surface area contributed by atoms with Gasteiger partial charge in [-0.1, -0.05) is 35.1 Å². The molecule has 4 rings (SSSR count). The summed E-state index contributed by atoms with van der Waals surface area (Å²) >= 11 is 9.06. The number of thiazole rings is 1. The fourth-order valence-electron chi connectivity index (χ4n) is 2.67. The summed E-state index contributed by atoms with van der Waals surface area (Å²) in [5, 5.41) is 3.22. The Morgan fingerprint density at radius 1 is 1.23 bits per heavy atom. The standard InChI is InChI=1S/C19H14ClN3OS2/c1-12-9-13(20)10-16-17(12)22-19(26-16)23(11-14-5-2-3-7-21-14)18(24)15-6-4-8-25-15/h2-10H,11H2,1H3. The van der Waals surface area contributed by atoms with Crippen molar-refractivity contribution in [3.8, 4) is 0 Å². The van der Waals surface area contributed by atoms with Crippen molar-refractivity contribution in [3.63, 3.8) is 0 Å². The number of halogens is 1. The van der Waals surface area contributed by atoms with E-state index in [1.165, 1.54) is 22.7 Å². The number of fused-ring (bicyclic) bond motifs is 1. The van der Waals surface area contributed by atoms with Crippen LogP contribution in [0.1, 0.15) is 20.9 Å². The first kappa shape index (κ1) is 17.1. The molecule has 130 valence electrons. The minimum Gasteiger partial charge on any atom is -0.277 e. The molecule has 0 fully saturated rings. The van der Waals surface area contributed by atoms with Gasteiger partial charge in [-0.05, 0) is 48.2 Å². The van der Waals surface area contributed by atoms with Gasteiger partial charge in [0.2, 0.25) is 0 Å². The van der Waals surface area contributed by atoms with Gasteiger partial charge in [0.1, 0.15) is 0 Å². The summed E-state index contributed by atoms with van der Waals surface area (Å²) in [5.41, 5.74) is 2.68. The number of carbonyl (C=O) groups is 1. The van der Waals surface area contributed by atoms with Crippen LogP contribution in [0.2, 0.25) is 5.02 Å². The summed E-state index contributed by atoms with van der Waals surface area (Å²) < 4.78 is 0.968. The highest BCUT2D eigenvalue weighted by Crippen LogP contribution is 2.34. The molecule has 0 aliphatic heterocycles. The monoisotopic (exact) mass is 399 g/mol. The first-order valence-corrected chi connectivity index (χ1v) is 10.0. The number of aromatic nitrogens is 2. The van der Waals surface area contributed by atoms with E-state index in [1.54, 1.807) is 11.1 Å². The largest absolute Gasteiger partial charge is 0.277 e. The van der Waals surface area contributed by atoms with Gasteiger partial charge in [0.15, 0.2) is 5.13 Å². The number of hydrogen-bond acceptors (Lipinski definition) is 5. The maximum absolute atomic E-state index is 13.1. The van der Waals surface area contributed by atoms with Crippen LogP contribution in [0.3, 0.4) is 0 Å². The minimum absolute atomic E-state index is 0.0755. The summed E-state index contributed by atoms with van der Waals surface area (Å²) in [6, 6.07) is 13.2. The molecule has 0 aliphatic rings. The zero-order valence-corrected chi connectivity index (χ0v) is 16.2. The van der Waals surface area contributed by atoms with Gasteiger partial charge in [0, 0.05) is 11.2 Å². The molecule has 0 bridgehead atoms. The summed E-state index contributed by atoms with van der Waals surface area (Å²) in [4.78, 5) is 24.5. The average molecular weight is 400 g/mol. The maximum atomic E-state index is 13.1. The number of thiophene rings is 1. The van der Waals surface area contributed by atoms with Crippen LogP contribution in [0.5, 0.6) is 0 Å². The second-order valence-corrected chi connectivity index (χ2v) is 8.15. The van der Waals surface area contributed by atoms with E-state index in [0.29, 0.717) is 21.6 Å². The number of pyridine rings is 1. The second kappa shape index (κ2) is 7.15. The van der Waals surface area contributed by atoms with E-state index in [4.69, 9.17) is 16.6 Å². The highest BCUT2D eigenvalue weighted by Gasteiger charge is 2.23.